The number of hydrogen-bond acceptors (Lipinski definition) is 2. The van der Waals surface area contributed by atoms with Gasteiger partial charge in [0.1, 0.15) is 5.41 Å². The van der Waals surface area contributed by atoms with Gasteiger partial charge in [0, 0.05) is 13.1 Å². The van der Waals surface area contributed by atoms with E-state index in [-0.39, 0.29) is 0 Å². The summed E-state index contributed by atoms with van der Waals surface area (Å²) < 4.78 is 0. The molecule has 1 aliphatic heterocycles. The SMILES string of the molecule is CC1CCCN(CCC(C#N)(c2ccccc2)c2ccccc2)C1. The van der Waals surface area contributed by atoms with E-state index < -0.39 is 5.41 Å². The Labute approximate surface area is 145 Å². The van der Waals surface area contributed by atoms with Crippen molar-refractivity contribution in [3.8, 4) is 6.07 Å². The average Bonchev–Trinajstić information content (AvgIpc) is 2.64. The van der Waals surface area contributed by atoms with Gasteiger partial charge in [0.25, 0.3) is 0 Å². The van der Waals surface area contributed by atoms with Gasteiger partial charge in [-0.25, -0.2) is 0 Å². The minimum absolute atomic E-state index is 0.566. The second-order valence-electron chi connectivity index (χ2n) is 7.05. The average molecular weight is 318 g/mol. The molecule has 124 valence electrons. The van der Waals surface area contributed by atoms with Gasteiger partial charge in [0.05, 0.1) is 6.07 Å². The lowest BCUT2D eigenvalue weighted by atomic mass is 9.73. The highest BCUT2D eigenvalue weighted by Crippen LogP contribution is 2.35. The summed E-state index contributed by atoms with van der Waals surface area (Å²) in [6, 6.07) is 23.2. The fourth-order valence-corrected chi connectivity index (χ4v) is 3.90. The van der Waals surface area contributed by atoms with Crippen LogP contribution in [0.15, 0.2) is 60.7 Å². The maximum atomic E-state index is 10.2. The summed E-state index contributed by atoms with van der Waals surface area (Å²) in [7, 11) is 0. The van der Waals surface area contributed by atoms with Crippen LogP contribution in [0.4, 0.5) is 0 Å². The Bertz CT molecular complexity index is 633. The maximum Gasteiger partial charge on any atom is 0.108 e. The standard InChI is InChI=1S/C22H26N2/c1-19-9-8-15-24(17-19)16-14-22(18-23,20-10-4-2-5-11-20)21-12-6-3-7-13-21/h2-7,10-13,19H,8-9,14-17H2,1H3. The van der Waals surface area contributed by atoms with E-state index in [2.05, 4.69) is 42.2 Å². The second kappa shape index (κ2) is 7.64. The van der Waals surface area contributed by atoms with E-state index in [9.17, 15) is 5.26 Å². The van der Waals surface area contributed by atoms with E-state index in [1.807, 2.05) is 36.4 Å². The largest absolute Gasteiger partial charge is 0.303 e. The molecule has 1 heterocycles. The van der Waals surface area contributed by atoms with Crippen molar-refractivity contribution in [1.82, 2.24) is 4.90 Å². The highest BCUT2D eigenvalue weighted by atomic mass is 15.1. The van der Waals surface area contributed by atoms with Gasteiger partial charge in [-0.15, -0.1) is 0 Å². The molecule has 0 aliphatic carbocycles. The summed E-state index contributed by atoms with van der Waals surface area (Å²) in [5.74, 6) is 0.767. The van der Waals surface area contributed by atoms with Gasteiger partial charge in [-0.2, -0.15) is 5.26 Å². The molecule has 0 bridgehead atoms. The number of benzene rings is 2. The monoisotopic (exact) mass is 318 g/mol. The zero-order valence-electron chi connectivity index (χ0n) is 14.5. The van der Waals surface area contributed by atoms with Gasteiger partial charge < -0.3 is 4.90 Å². The first-order valence-electron chi connectivity index (χ1n) is 8.99. The molecule has 24 heavy (non-hydrogen) atoms. The lowest BCUT2D eigenvalue weighted by molar-refractivity contribution is 0.176. The first kappa shape index (κ1) is 16.7. The van der Waals surface area contributed by atoms with Crippen molar-refractivity contribution in [2.75, 3.05) is 19.6 Å². The summed E-state index contributed by atoms with van der Waals surface area (Å²) in [6.07, 6.45) is 3.44. The van der Waals surface area contributed by atoms with Gasteiger partial charge in [-0.05, 0) is 42.9 Å². The number of likely N-dealkylation sites (tertiary alicyclic amines) is 1. The Morgan fingerprint density at radius 1 is 1.04 bits per heavy atom. The molecule has 2 aromatic carbocycles. The van der Waals surface area contributed by atoms with Crippen LogP contribution in [0.3, 0.4) is 0 Å². The van der Waals surface area contributed by atoms with Crippen LogP contribution in [-0.2, 0) is 5.41 Å². The third-order valence-corrected chi connectivity index (χ3v) is 5.27. The molecule has 0 radical (unpaired) electrons. The van der Waals surface area contributed by atoms with Gasteiger partial charge in [0.2, 0.25) is 0 Å². The van der Waals surface area contributed by atoms with Gasteiger partial charge in [0.15, 0.2) is 0 Å². The number of nitriles is 1. The van der Waals surface area contributed by atoms with E-state index in [1.54, 1.807) is 0 Å². The van der Waals surface area contributed by atoms with Gasteiger partial charge in [-0.3, -0.25) is 0 Å². The van der Waals surface area contributed by atoms with Crippen LogP contribution in [0.1, 0.15) is 37.3 Å². The second-order valence-corrected chi connectivity index (χ2v) is 7.05. The van der Waals surface area contributed by atoms with Crippen molar-refractivity contribution in [3.63, 3.8) is 0 Å². The van der Waals surface area contributed by atoms with Crippen molar-refractivity contribution >= 4 is 0 Å². The third kappa shape index (κ3) is 3.52. The number of nitrogens with zero attached hydrogens (tertiary/aromatic N) is 2. The van der Waals surface area contributed by atoms with E-state index in [4.69, 9.17) is 0 Å². The number of rotatable bonds is 5. The van der Waals surface area contributed by atoms with Crippen LogP contribution in [-0.4, -0.2) is 24.5 Å². The third-order valence-electron chi connectivity index (χ3n) is 5.27. The van der Waals surface area contributed by atoms with Gasteiger partial charge in [-0.1, -0.05) is 67.6 Å². The Morgan fingerprint density at radius 2 is 1.62 bits per heavy atom. The number of piperidine rings is 1. The predicted molar refractivity (Wildman–Crippen MR) is 98.7 cm³/mol. The molecule has 2 heteroatoms. The quantitative estimate of drug-likeness (QED) is 0.804. The summed E-state index contributed by atoms with van der Waals surface area (Å²) in [5, 5.41) is 10.2. The maximum absolute atomic E-state index is 10.2. The molecule has 1 aliphatic rings. The Kier molecular flexibility index (Phi) is 5.33. The molecule has 1 unspecified atom stereocenters. The molecule has 1 fully saturated rings. The molecule has 0 aromatic heterocycles. The van der Waals surface area contributed by atoms with Gasteiger partial charge >= 0.3 is 0 Å². The minimum Gasteiger partial charge on any atom is -0.303 e. The fourth-order valence-electron chi connectivity index (χ4n) is 3.90. The predicted octanol–water partition coefficient (Wildman–Crippen LogP) is 4.62. The van der Waals surface area contributed by atoms with Crippen molar-refractivity contribution in [3.05, 3.63) is 71.8 Å². The van der Waals surface area contributed by atoms with Crippen molar-refractivity contribution in [2.45, 2.75) is 31.6 Å². The van der Waals surface area contributed by atoms with Crippen molar-refractivity contribution in [2.24, 2.45) is 5.92 Å². The molecule has 0 amide bonds. The highest BCUT2D eigenvalue weighted by Gasteiger charge is 2.35. The van der Waals surface area contributed by atoms with Crippen LogP contribution in [0, 0.1) is 17.2 Å². The van der Waals surface area contributed by atoms with Crippen LogP contribution in [0.25, 0.3) is 0 Å². The molecule has 2 aromatic rings. The molecule has 2 nitrogen and oxygen atoms in total. The molecule has 0 N–H and O–H groups in total. The van der Waals surface area contributed by atoms with E-state index in [0.717, 1.165) is 43.1 Å². The molecule has 0 saturated carbocycles. The van der Waals surface area contributed by atoms with E-state index in [1.165, 1.54) is 12.8 Å². The normalized spacial score (nSPS) is 18.9. The number of hydrogen-bond donors (Lipinski definition) is 0. The molecule has 0 spiro atoms. The first-order valence-corrected chi connectivity index (χ1v) is 8.99. The summed E-state index contributed by atoms with van der Waals surface area (Å²) in [6.45, 7) is 5.63. The Balaban J connectivity index is 1.89. The van der Waals surface area contributed by atoms with Crippen molar-refractivity contribution < 1.29 is 0 Å². The van der Waals surface area contributed by atoms with Crippen LogP contribution < -0.4 is 0 Å². The summed E-state index contributed by atoms with van der Waals surface area (Å²) in [5.41, 5.74) is 1.64. The first-order chi connectivity index (χ1) is 11.7. The molecule has 1 atom stereocenters. The summed E-state index contributed by atoms with van der Waals surface area (Å²) >= 11 is 0. The van der Waals surface area contributed by atoms with Crippen molar-refractivity contribution in [1.29, 1.82) is 5.26 Å². The fraction of sp³-hybridized carbons (Fsp3) is 0.409. The zero-order chi connectivity index (χ0) is 16.8. The minimum atomic E-state index is -0.566. The molecular weight excluding hydrogens is 292 g/mol. The van der Waals surface area contributed by atoms with Crippen LogP contribution in [0.5, 0.6) is 0 Å². The molecular formula is C22H26N2. The Morgan fingerprint density at radius 3 is 2.12 bits per heavy atom. The summed E-state index contributed by atoms with van der Waals surface area (Å²) in [4.78, 5) is 2.53. The zero-order valence-corrected chi connectivity index (χ0v) is 14.5. The lowest BCUT2D eigenvalue weighted by Gasteiger charge is -2.34. The topological polar surface area (TPSA) is 27.0 Å². The molecule has 1 saturated heterocycles. The van der Waals surface area contributed by atoms with E-state index in [0.29, 0.717) is 0 Å². The van der Waals surface area contributed by atoms with Crippen LogP contribution >= 0.6 is 0 Å². The lowest BCUT2D eigenvalue weighted by Crippen LogP contribution is -2.38. The molecule has 3 rings (SSSR count). The Hall–Kier alpha value is -2.11. The van der Waals surface area contributed by atoms with E-state index >= 15 is 0 Å². The van der Waals surface area contributed by atoms with Crippen LogP contribution in [0.2, 0.25) is 0 Å². The smallest absolute Gasteiger partial charge is 0.108 e. The highest BCUT2D eigenvalue weighted by molar-refractivity contribution is 5.45.